The number of carbonyl (C=O) groups is 3. The standard InChI is InChI=1S/C39H50N2O8Si/c1-10-45-34(42)21-28-14-15-29(36(40)43)20-33(28)46-23-26-17-30-19-31(24-47-50(8,9)39(5,6)7)48-35(30)32(18-26)27-13-11-12-25(16-27)22-41-37(44)49-38(2,3)4/h11-20H,10,21-24H2,1-9H3,(H2,40,43)(H,41,44). The summed E-state index contributed by atoms with van der Waals surface area (Å²) in [6, 6.07) is 18.6. The monoisotopic (exact) mass is 702 g/mol. The van der Waals surface area contributed by atoms with Gasteiger partial charge >= 0.3 is 12.1 Å². The third-order valence-electron chi connectivity index (χ3n) is 8.57. The largest absolute Gasteiger partial charge is 0.489 e. The van der Waals surface area contributed by atoms with Gasteiger partial charge in [-0.15, -0.1) is 0 Å². The highest BCUT2D eigenvalue weighted by Crippen LogP contribution is 2.38. The molecule has 0 radical (unpaired) electrons. The zero-order valence-corrected chi connectivity index (χ0v) is 31.7. The molecule has 3 aromatic carbocycles. The predicted octanol–water partition coefficient (Wildman–Crippen LogP) is 8.43. The lowest BCUT2D eigenvalue weighted by atomic mass is 9.99. The number of alkyl carbamates (subject to hydrolysis) is 1. The van der Waals surface area contributed by atoms with Crippen LogP contribution in [-0.2, 0) is 44.9 Å². The molecular formula is C39H50N2O8Si. The van der Waals surface area contributed by atoms with Crippen LogP contribution in [0.25, 0.3) is 22.1 Å². The van der Waals surface area contributed by atoms with E-state index in [1.165, 1.54) is 0 Å². The molecule has 1 heterocycles. The third-order valence-corrected chi connectivity index (χ3v) is 13.0. The van der Waals surface area contributed by atoms with Crippen molar-refractivity contribution >= 4 is 37.3 Å². The maximum atomic E-state index is 12.3. The first-order chi connectivity index (χ1) is 23.3. The van der Waals surface area contributed by atoms with E-state index >= 15 is 0 Å². The minimum atomic E-state index is -2.04. The Hall–Kier alpha value is -4.61. The molecule has 0 saturated heterocycles. The number of hydrogen-bond acceptors (Lipinski definition) is 8. The number of nitrogens with two attached hydrogens (primary N) is 1. The summed E-state index contributed by atoms with van der Waals surface area (Å²) in [5, 5.41) is 3.73. The van der Waals surface area contributed by atoms with Gasteiger partial charge in [-0.25, -0.2) is 4.79 Å². The van der Waals surface area contributed by atoms with Crippen LogP contribution in [0.1, 0.15) is 81.3 Å². The van der Waals surface area contributed by atoms with Gasteiger partial charge in [0.15, 0.2) is 8.32 Å². The number of carbonyl (C=O) groups excluding carboxylic acids is 3. The lowest BCUT2D eigenvalue weighted by Gasteiger charge is -2.35. The van der Waals surface area contributed by atoms with Crippen molar-refractivity contribution in [3.63, 3.8) is 0 Å². The Morgan fingerprint density at radius 1 is 0.900 bits per heavy atom. The molecule has 3 N–H and O–H groups in total. The summed E-state index contributed by atoms with van der Waals surface area (Å²) in [5.74, 6) is 0.0625. The lowest BCUT2D eigenvalue weighted by molar-refractivity contribution is -0.142. The number of benzene rings is 3. The van der Waals surface area contributed by atoms with Crippen LogP contribution in [0.2, 0.25) is 18.1 Å². The zero-order chi connectivity index (χ0) is 36.9. The molecule has 11 heteroatoms. The van der Waals surface area contributed by atoms with Crippen molar-refractivity contribution in [2.24, 2.45) is 5.73 Å². The van der Waals surface area contributed by atoms with Crippen molar-refractivity contribution in [3.8, 4) is 16.9 Å². The molecule has 2 amide bonds. The SMILES string of the molecule is CCOC(=O)Cc1ccc(C(N)=O)cc1OCc1cc(-c2cccc(CNC(=O)OC(C)(C)C)c2)c2oc(CO[Si](C)(C)C(C)(C)C)cc2c1. The summed E-state index contributed by atoms with van der Waals surface area (Å²) in [6.07, 6.45) is -0.514. The Kier molecular flexibility index (Phi) is 11.9. The summed E-state index contributed by atoms with van der Waals surface area (Å²) in [6.45, 7) is 19.2. The fourth-order valence-corrected chi connectivity index (χ4v) is 5.90. The lowest BCUT2D eigenvalue weighted by Crippen LogP contribution is -2.40. The third kappa shape index (κ3) is 10.2. The highest BCUT2D eigenvalue weighted by molar-refractivity contribution is 6.74. The van der Waals surface area contributed by atoms with Crippen LogP contribution in [0.3, 0.4) is 0 Å². The minimum absolute atomic E-state index is 0.0179. The van der Waals surface area contributed by atoms with Crippen LogP contribution in [0.5, 0.6) is 5.75 Å². The number of furan rings is 1. The van der Waals surface area contributed by atoms with Crippen LogP contribution in [0.4, 0.5) is 4.79 Å². The van der Waals surface area contributed by atoms with E-state index in [0.29, 0.717) is 29.3 Å². The Morgan fingerprint density at radius 3 is 2.30 bits per heavy atom. The maximum Gasteiger partial charge on any atom is 0.407 e. The van der Waals surface area contributed by atoms with Gasteiger partial charge in [0.05, 0.1) is 19.6 Å². The van der Waals surface area contributed by atoms with E-state index < -0.39 is 31.9 Å². The number of ether oxygens (including phenoxy) is 3. The van der Waals surface area contributed by atoms with Crippen LogP contribution < -0.4 is 15.8 Å². The van der Waals surface area contributed by atoms with Crippen molar-refractivity contribution in [1.29, 1.82) is 0 Å². The molecule has 0 atom stereocenters. The van der Waals surface area contributed by atoms with Crippen LogP contribution >= 0.6 is 0 Å². The van der Waals surface area contributed by atoms with Gasteiger partial charge in [0.1, 0.15) is 29.3 Å². The van der Waals surface area contributed by atoms with E-state index in [2.05, 4.69) is 39.2 Å². The molecule has 4 rings (SSSR count). The van der Waals surface area contributed by atoms with Gasteiger partial charge in [0.2, 0.25) is 5.91 Å². The highest BCUT2D eigenvalue weighted by Gasteiger charge is 2.37. The minimum Gasteiger partial charge on any atom is -0.489 e. The number of fused-ring (bicyclic) bond motifs is 1. The van der Waals surface area contributed by atoms with Gasteiger partial charge in [-0.2, -0.15) is 0 Å². The van der Waals surface area contributed by atoms with E-state index in [-0.39, 0.29) is 36.8 Å². The molecule has 4 aromatic rings. The molecule has 0 aliphatic heterocycles. The molecule has 0 saturated carbocycles. The Labute approximate surface area is 295 Å². The van der Waals surface area contributed by atoms with Gasteiger partial charge in [-0.3, -0.25) is 9.59 Å². The summed E-state index contributed by atoms with van der Waals surface area (Å²) in [5.41, 5.74) is 9.90. The zero-order valence-electron chi connectivity index (χ0n) is 30.7. The van der Waals surface area contributed by atoms with E-state index in [4.69, 9.17) is 28.8 Å². The van der Waals surface area contributed by atoms with E-state index in [0.717, 1.165) is 27.6 Å². The van der Waals surface area contributed by atoms with E-state index in [1.54, 1.807) is 25.1 Å². The molecule has 10 nitrogen and oxygen atoms in total. The van der Waals surface area contributed by atoms with Gasteiger partial charge in [0.25, 0.3) is 0 Å². The Bertz CT molecular complexity index is 1850. The van der Waals surface area contributed by atoms with Crippen LogP contribution in [-0.4, -0.2) is 38.5 Å². The normalized spacial score (nSPS) is 12.1. The van der Waals surface area contributed by atoms with E-state index in [1.807, 2.05) is 63.2 Å². The highest BCUT2D eigenvalue weighted by atomic mass is 28.4. The van der Waals surface area contributed by atoms with Gasteiger partial charge < -0.3 is 34.1 Å². The number of esters is 1. The quantitative estimate of drug-likeness (QED) is 0.105. The smallest absolute Gasteiger partial charge is 0.407 e. The second kappa shape index (κ2) is 15.5. The van der Waals surface area contributed by atoms with E-state index in [9.17, 15) is 14.4 Å². The summed E-state index contributed by atoms with van der Waals surface area (Å²) < 4.78 is 29.8. The Balaban J connectivity index is 1.71. The number of nitrogens with one attached hydrogen (secondary N) is 1. The summed E-state index contributed by atoms with van der Waals surface area (Å²) >= 11 is 0. The predicted molar refractivity (Wildman–Crippen MR) is 196 cm³/mol. The van der Waals surface area contributed by atoms with Gasteiger partial charge in [0, 0.05) is 28.6 Å². The topological polar surface area (TPSA) is 139 Å². The summed E-state index contributed by atoms with van der Waals surface area (Å²) in [4.78, 5) is 36.7. The Morgan fingerprint density at radius 2 is 1.64 bits per heavy atom. The number of amides is 2. The number of primary amides is 1. The fourth-order valence-electron chi connectivity index (χ4n) is 4.96. The molecule has 0 bridgehead atoms. The molecule has 50 heavy (non-hydrogen) atoms. The molecular weight excluding hydrogens is 653 g/mol. The average Bonchev–Trinajstić information content (AvgIpc) is 3.44. The molecule has 268 valence electrons. The summed E-state index contributed by atoms with van der Waals surface area (Å²) in [7, 11) is -2.04. The second-order valence-corrected chi connectivity index (χ2v) is 19.6. The fraction of sp³-hybridized carbons (Fsp3) is 0.410. The molecule has 0 unspecified atom stereocenters. The molecule has 1 aromatic heterocycles. The van der Waals surface area contributed by atoms with Gasteiger partial charge in [-0.05, 0) is 98.9 Å². The molecule has 0 spiro atoms. The second-order valence-electron chi connectivity index (χ2n) is 14.8. The average molecular weight is 703 g/mol. The van der Waals surface area contributed by atoms with Gasteiger partial charge in [-0.1, -0.05) is 45.0 Å². The number of hydrogen-bond donors (Lipinski definition) is 2. The number of rotatable bonds is 13. The first kappa shape index (κ1) is 38.2. The molecule has 0 aliphatic rings. The van der Waals surface area contributed by atoms with Crippen molar-refractivity contribution in [3.05, 3.63) is 88.7 Å². The first-order valence-corrected chi connectivity index (χ1v) is 19.7. The van der Waals surface area contributed by atoms with Crippen molar-refractivity contribution < 1.29 is 37.4 Å². The van der Waals surface area contributed by atoms with Crippen molar-refractivity contribution in [2.45, 2.75) is 98.4 Å². The molecule has 0 aliphatic carbocycles. The van der Waals surface area contributed by atoms with Crippen molar-refractivity contribution in [1.82, 2.24) is 5.32 Å². The molecule has 0 fully saturated rings. The van der Waals surface area contributed by atoms with Crippen molar-refractivity contribution in [2.75, 3.05) is 6.61 Å². The van der Waals surface area contributed by atoms with Crippen LogP contribution in [0, 0.1) is 0 Å². The first-order valence-electron chi connectivity index (χ1n) is 16.8. The van der Waals surface area contributed by atoms with Crippen LogP contribution in [0.15, 0.2) is 65.1 Å². The maximum absolute atomic E-state index is 12.3.